The van der Waals surface area contributed by atoms with Crippen LogP contribution in [-0.2, 0) is 6.54 Å². The van der Waals surface area contributed by atoms with Gasteiger partial charge in [-0.3, -0.25) is 0 Å². The summed E-state index contributed by atoms with van der Waals surface area (Å²) in [6.45, 7) is 2.48. The monoisotopic (exact) mass is 423 g/mol. The van der Waals surface area contributed by atoms with Crippen molar-refractivity contribution >= 4 is 62.2 Å². The van der Waals surface area contributed by atoms with Crippen molar-refractivity contribution in [3.63, 3.8) is 0 Å². The number of aromatic nitrogens is 4. The van der Waals surface area contributed by atoms with E-state index in [1.54, 1.807) is 18.5 Å². The van der Waals surface area contributed by atoms with Crippen molar-refractivity contribution in [1.29, 1.82) is 0 Å². The molecule has 0 aliphatic rings. The van der Waals surface area contributed by atoms with Gasteiger partial charge >= 0.3 is 0 Å². The Balaban J connectivity index is 1.75. The molecule has 0 fully saturated rings. The third-order valence-corrected chi connectivity index (χ3v) is 6.13. The molecule has 5 nitrogen and oxygen atoms in total. The minimum absolute atomic E-state index is 0.511. The van der Waals surface area contributed by atoms with Gasteiger partial charge in [-0.1, -0.05) is 40.9 Å². The lowest BCUT2D eigenvalue weighted by atomic mass is 10.2. The third kappa shape index (κ3) is 3.25. The third-order valence-electron chi connectivity index (χ3n) is 3.81. The quantitative estimate of drug-likeness (QED) is 0.424. The van der Waals surface area contributed by atoms with Gasteiger partial charge in [0.15, 0.2) is 11.6 Å². The van der Waals surface area contributed by atoms with E-state index in [1.807, 2.05) is 19.1 Å². The lowest BCUT2D eigenvalue weighted by Crippen LogP contribution is -2.04. The molecule has 0 radical (unpaired) electrons. The van der Waals surface area contributed by atoms with Gasteiger partial charge in [0, 0.05) is 23.8 Å². The van der Waals surface area contributed by atoms with E-state index in [-0.39, 0.29) is 0 Å². The van der Waals surface area contributed by atoms with Crippen LogP contribution >= 0.6 is 46.1 Å². The number of imidazole rings is 1. The maximum atomic E-state index is 6.48. The fourth-order valence-corrected chi connectivity index (χ4v) is 4.12. The van der Waals surface area contributed by atoms with Crippen LogP contribution in [0.1, 0.15) is 10.4 Å². The second kappa shape index (κ2) is 7.04. The zero-order valence-electron chi connectivity index (χ0n) is 13.5. The lowest BCUT2D eigenvalue weighted by Gasteiger charge is -2.09. The number of aryl methyl sites for hydroxylation is 1. The molecule has 3 aromatic heterocycles. The molecule has 4 rings (SSSR count). The molecule has 1 aromatic carbocycles. The van der Waals surface area contributed by atoms with Gasteiger partial charge in [-0.15, -0.1) is 11.3 Å². The van der Waals surface area contributed by atoms with Crippen LogP contribution in [0.3, 0.4) is 0 Å². The van der Waals surface area contributed by atoms with Crippen LogP contribution < -0.4 is 5.32 Å². The smallest absolute Gasteiger partial charge is 0.199 e. The van der Waals surface area contributed by atoms with Crippen molar-refractivity contribution in [2.24, 2.45) is 0 Å². The molecule has 26 heavy (non-hydrogen) atoms. The van der Waals surface area contributed by atoms with Crippen molar-refractivity contribution in [2.45, 2.75) is 13.5 Å². The van der Waals surface area contributed by atoms with E-state index in [0.717, 1.165) is 20.7 Å². The number of nitrogens with zero attached hydrogens (tertiary/aromatic N) is 3. The average molecular weight is 425 g/mol. The Hall–Kier alpha value is -1.86. The van der Waals surface area contributed by atoms with E-state index in [9.17, 15) is 0 Å². The fourth-order valence-electron chi connectivity index (χ4n) is 2.53. The first-order valence-electron chi connectivity index (χ1n) is 7.67. The number of fused-ring (bicyclic) bond motifs is 1. The Morgan fingerprint density at radius 1 is 1.15 bits per heavy atom. The summed E-state index contributed by atoms with van der Waals surface area (Å²) < 4.78 is 0. The number of anilines is 1. The average Bonchev–Trinajstić information content (AvgIpc) is 3.25. The summed E-state index contributed by atoms with van der Waals surface area (Å²) in [5, 5.41) is 5.84. The van der Waals surface area contributed by atoms with E-state index >= 15 is 0 Å². The number of hydrogen-bond acceptors (Lipinski definition) is 5. The Morgan fingerprint density at radius 3 is 2.73 bits per heavy atom. The normalized spacial score (nSPS) is 11.2. The molecule has 0 atom stereocenters. The summed E-state index contributed by atoms with van der Waals surface area (Å²) in [6, 6.07) is 5.50. The molecule has 0 aliphatic heterocycles. The molecule has 3 heterocycles. The predicted octanol–water partition coefficient (Wildman–Crippen LogP) is 5.96. The van der Waals surface area contributed by atoms with Crippen LogP contribution in [0, 0.1) is 6.92 Å². The molecule has 0 spiro atoms. The van der Waals surface area contributed by atoms with E-state index in [0.29, 0.717) is 39.1 Å². The van der Waals surface area contributed by atoms with Crippen molar-refractivity contribution in [2.75, 3.05) is 5.32 Å². The molecule has 0 bridgehead atoms. The van der Waals surface area contributed by atoms with Crippen molar-refractivity contribution < 1.29 is 0 Å². The summed E-state index contributed by atoms with van der Waals surface area (Å²) in [7, 11) is 0. The molecular weight excluding hydrogens is 413 g/mol. The second-order valence-electron chi connectivity index (χ2n) is 5.59. The van der Waals surface area contributed by atoms with Gasteiger partial charge in [0.25, 0.3) is 0 Å². The van der Waals surface area contributed by atoms with Gasteiger partial charge in [0.2, 0.25) is 0 Å². The second-order valence-corrected chi connectivity index (χ2v) is 7.98. The lowest BCUT2D eigenvalue weighted by molar-refractivity contribution is 1.09. The van der Waals surface area contributed by atoms with E-state index in [2.05, 4.69) is 25.3 Å². The Kier molecular flexibility index (Phi) is 4.75. The highest BCUT2D eigenvalue weighted by Gasteiger charge is 2.17. The zero-order valence-corrected chi connectivity index (χ0v) is 16.6. The maximum Gasteiger partial charge on any atom is 0.199 e. The van der Waals surface area contributed by atoms with Crippen molar-refractivity contribution in [1.82, 2.24) is 19.9 Å². The number of benzene rings is 1. The number of H-pyrrole nitrogens is 1. The molecule has 0 saturated carbocycles. The first kappa shape index (κ1) is 17.5. The van der Waals surface area contributed by atoms with Crippen molar-refractivity contribution in [3.8, 4) is 11.6 Å². The summed E-state index contributed by atoms with van der Waals surface area (Å²) in [4.78, 5) is 18.3. The number of thiophene rings is 1. The van der Waals surface area contributed by atoms with Gasteiger partial charge < -0.3 is 10.3 Å². The maximum absolute atomic E-state index is 6.48. The molecule has 0 aliphatic carbocycles. The topological polar surface area (TPSA) is 66.5 Å². The Morgan fingerprint density at radius 2 is 2.00 bits per heavy atom. The van der Waals surface area contributed by atoms with Crippen LogP contribution in [0.4, 0.5) is 5.82 Å². The summed E-state index contributed by atoms with van der Waals surface area (Å²) in [5.74, 6) is 1.77. The zero-order chi connectivity index (χ0) is 18.3. The van der Waals surface area contributed by atoms with Gasteiger partial charge in [0.05, 0.1) is 20.5 Å². The first-order valence-corrected chi connectivity index (χ1v) is 9.62. The fraction of sp³-hybridized carbons (Fsp3) is 0.118. The minimum atomic E-state index is 0.511. The van der Waals surface area contributed by atoms with Crippen LogP contribution in [-0.4, -0.2) is 19.9 Å². The number of hydrogen-bond donors (Lipinski definition) is 2. The summed E-state index contributed by atoms with van der Waals surface area (Å²) >= 11 is 20.1. The predicted molar refractivity (Wildman–Crippen MR) is 109 cm³/mol. The van der Waals surface area contributed by atoms with Gasteiger partial charge in [-0.25, -0.2) is 15.0 Å². The van der Waals surface area contributed by atoms with Crippen LogP contribution in [0.2, 0.25) is 15.1 Å². The number of rotatable bonds is 4. The van der Waals surface area contributed by atoms with Gasteiger partial charge in [0.1, 0.15) is 10.6 Å². The van der Waals surface area contributed by atoms with Crippen LogP contribution in [0.25, 0.3) is 21.9 Å². The number of halogens is 3. The van der Waals surface area contributed by atoms with E-state index in [1.165, 1.54) is 11.3 Å². The van der Waals surface area contributed by atoms with Crippen molar-refractivity contribution in [3.05, 3.63) is 56.1 Å². The highest BCUT2D eigenvalue weighted by molar-refractivity contribution is 7.19. The highest BCUT2D eigenvalue weighted by atomic mass is 35.5. The molecule has 0 saturated heterocycles. The number of aromatic amines is 1. The largest absolute Gasteiger partial charge is 0.365 e. The Bertz CT molecular complexity index is 1090. The molecule has 132 valence electrons. The standard InChI is InChI=1S/C17H12Cl3N5S/c1-8-13(20)12-14(23-7-9-2-3-10(18)11(19)6-9)24-16(25-17(12)26-8)15-21-4-5-22-15/h2-6H,7H2,1H3,(H,21,22)(H,23,24,25). The molecule has 4 aromatic rings. The summed E-state index contributed by atoms with van der Waals surface area (Å²) in [5.41, 5.74) is 0.980. The molecule has 2 N–H and O–H groups in total. The molecule has 0 amide bonds. The van der Waals surface area contributed by atoms with E-state index < -0.39 is 0 Å². The molecular formula is C17H12Cl3N5S. The Labute approximate surface area is 168 Å². The van der Waals surface area contributed by atoms with Crippen LogP contribution in [0.15, 0.2) is 30.6 Å². The minimum Gasteiger partial charge on any atom is -0.365 e. The van der Waals surface area contributed by atoms with E-state index in [4.69, 9.17) is 34.8 Å². The van der Waals surface area contributed by atoms with Gasteiger partial charge in [-0.05, 0) is 24.6 Å². The molecule has 0 unspecified atom stereocenters. The van der Waals surface area contributed by atoms with Gasteiger partial charge in [-0.2, -0.15) is 0 Å². The SMILES string of the molecule is Cc1sc2nc(-c3ncc[nH]3)nc(NCc3ccc(Cl)c(Cl)c3)c2c1Cl. The summed E-state index contributed by atoms with van der Waals surface area (Å²) in [6.07, 6.45) is 3.40. The van der Waals surface area contributed by atoms with Crippen LogP contribution in [0.5, 0.6) is 0 Å². The highest BCUT2D eigenvalue weighted by Crippen LogP contribution is 2.38. The number of nitrogens with one attached hydrogen (secondary N) is 2. The first-order chi connectivity index (χ1) is 12.5. The molecule has 9 heteroatoms.